The fourth-order valence-electron chi connectivity index (χ4n) is 3.73. The van der Waals surface area contributed by atoms with Crippen LogP contribution in [0.4, 0.5) is 11.6 Å². The summed E-state index contributed by atoms with van der Waals surface area (Å²) in [4.78, 5) is 64.0. The van der Waals surface area contributed by atoms with Gasteiger partial charge in [-0.05, 0) is 44.2 Å². The lowest BCUT2D eigenvalue weighted by molar-refractivity contribution is 0.0521. The molecule has 0 unspecified atom stereocenters. The van der Waals surface area contributed by atoms with Gasteiger partial charge in [-0.15, -0.1) is 0 Å². The number of esters is 1. The quantitative estimate of drug-likeness (QED) is 0.392. The normalized spacial score (nSPS) is 12.5. The monoisotopic (exact) mass is 495 g/mol. The Morgan fingerprint density at radius 1 is 1.06 bits per heavy atom. The molecule has 0 spiro atoms. The van der Waals surface area contributed by atoms with E-state index in [1.165, 1.54) is 31.2 Å². The van der Waals surface area contributed by atoms with Crippen molar-refractivity contribution in [2.24, 2.45) is 5.73 Å². The second-order valence-corrected chi connectivity index (χ2v) is 7.84. The largest absolute Gasteiger partial charge is 0.462 e. The summed E-state index contributed by atoms with van der Waals surface area (Å²) in [5.41, 5.74) is 5.19. The highest BCUT2D eigenvalue weighted by Gasteiger charge is 2.38. The van der Waals surface area contributed by atoms with E-state index in [0.717, 1.165) is 4.90 Å². The lowest BCUT2D eigenvalue weighted by Gasteiger charge is -2.15. The van der Waals surface area contributed by atoms with E-state index in [9.17, 15) is 24.0 Å². The molecule has 1 aliphatic rings. The molecule has 4 amide bonds. The van der Waals surface area contributed by atoms with Gasteiger partial charge in [0.1, 0.15) is 16.9 Å². The van der Waals surface area contributed by atoms with Crippen LogP contribution in [-0.2, 0) is 4.74 Å². The Morgan fingerprint density at radius 2 is 1.74 bits per heavy atom. The average Bonchev–Trinajstić information content (AvgIpc) is 3.27. The Balaban J connectivity index is 1.66. The van der Waals surface area contributed by atoms with Crippen molar-refractivity contribution in [2.45, 2.75) is 13.8 Å². The smallest absolute Gasteiger partial charge is 0.342 e. The summed E-state index contributed by atoms with van der Waals surface area (Å²) >= 11 is 6.16. The van der Waals surface area contributed by atoms with E-state index in [1.54, 1.807) is 25.1 Å². The molecule has 2 aromatic carbocycles. The number of amides is 4. The lowest BCUT2D eigenvalue weighted by atomic mass is 10.1. The number of hydrogen-bond donors (Lipinski definition) is 2. The number of furan rings is 1. The molecule has 11 heteroatoms. The first kappa shape index (κ1) is 23.7. The van der Waals surface area contributed by atoms with Crippen molar-refractivity contribution in [2.75, 3.05) is 16.8 Å². The Morgan fingerprint density at radius 3 is 2.40 bits per heavy atom. The van der Waals surface area contributed by atoms with Crippen LogP contribution in [0, 0.1) is 6.92 Å². The predicted molar refractivity (Wildman–Crippen MR) is 125 cm³/mol. The van der Waals surface area contributed by atoms with Crippen LogP contribution < -0.4 is 16.0 Å². The zero-order valence-electron chi connectivity index (χ0n) is 18.5. The van der Waals surface area contributed by atoms with Crippen molar-refractivity contribution in [3.8, 4) is 0 Å². The predicted octanol–water partition coefficient (Wildman–Crippen LogP) is 3.57. The van der Waals surface area contributed by atoms with Crippen molar-refractivity contribution < 1.29 is 33.1 Å². The van der Waals surface area contributed by atoms with Crippen molar-refractivity contribution in [3.63, 3.8) is 0 Å². The van der Waals surface area contributed by atoms with Crippen molar-refractivity contribution in [1.82, 2.24) is 0 Å². The highest BCUT2D eigenvalue weighted by molar-refractivity contribution is 6.40. The Bertz CT molecular complexity index is 1430. The lowest BCUT2D eigenvalue weighted by Crippen LogP contribution is -2.29. The van der Waals surface area contributed by atoms with Gasteiger partial charge in [-0.2, -0.15) is 0 Å². The molecule has 0 saturated heterocycles. The van der Waals surface area contributed by atoms with Gasteiger partial charge in [0.2, 0.25) is 5.88 Å². The number of imide groups is 1. The maximum atomic E-state index is 13.0. The Labute approximate surface area is 203 Å². The highest BCUT2D eigenvalue weighted by Crippen LogP contribution is 2.34. The molecule has 1 aliphatic heterocycles. The van der Waals surface area contributed by atoms with Crippen LogP contribution in [0.15, 0.2) is 46.9 Å². The second-order valence-electron chi connectivity index (χ2n) is 7.43. The van der Waals surface area contributed by atoms with E-state index < -0.39 is 29.6 Å². The summed E-state index contributed by atoms with van der Waals surface area (Å²) in [5, 5.41) is 2.60. The third-order valence-corrected chi connectivity index (χ3v) is 5.60. The van der Waals surface area contributed by atoms with Gasteiger partial charge < -0.3 is 14.9 Å². The van der Waals surface area contributed by atoms with Crippen LogP contribution in [0.1, 0.15) is 64.5 Å². The first-order chi connectivity index (χ1) is 16.6. The molecule has 35 heavy (non-hydrogen) atoms. The average molecular weight is 496 g/mol. The zero-order valence-corrected chi connectivity index (χ0v) is 19.3. The minimum absolute atomic E-state index is 0.000493. The molecular weight excluding hydrogens is 478 g/mol. The molecule has 3 aromatic rings. The maximum absolute atomic E-state index is 13.0. The fraction of sp³-hybridized carbons (Fsp3) is 0.125. The summed E-state index contributed by atoms with van der Waals surface area (Å²) in [7, 11) is 0. The van der Waals surface area contributed by atoms with Crippen LogP contribution in [0.25, 0.3) is 0 Å². The number of carbonyl (C=O) groups excluding carboxylic acids is 5. The number of nitrogens with two attached hydrogens (primary N) is 1. The molecule has 0 fully saturated rings. The summed E-state index contributed by atoms with van der Waals surface area (Å²) in [6.07, 6.45) is 0. The van der Waals surface area contributed by atoms with Gasteiger partial charge in [0.15, 0.2) is 0 Å². The Hall–Kier alpha value is -4.44. The third-order valence-electron chi connectivity index (χ3n) is 5.28. The Kier molecular flexibility index (Phi) is 6.14. The van der Waals surface area contributed by atoms with E-state index in [1.807, 2.05) is 0 Å². The molecule has 0 radical (unpaired) electrons. The number of primary amides is 1. The molecule has 0 atom stereocenters. The molecular formula is C24H18ClN3O7. The molecule has 0 bridgehead atoms. The van der Waals surface area contributed by atoms with Crippen molar-refractivity contribution in [3.05, 3.63) is 81.1 Å². The number of rotatable bonds is 6. The van der Waals surface area contributed by atoms with Crippen molar-refractivity contribution >= 4 is 52.8 Å². The van der Waals surface area contributed by atoms with Crippen LogP contribution in [0.5, 0.6) is 0 Å². The van der Waals surface area contributed by atoms with Crippen LogP contribution in [-0.4, -0.2) is 36.2 Å². The maximum Gasteiger partial charge on any atom is 0.342 e. The molecule has 3 N–H and O–H groups in total. The first-order valence-electron chi connectivity index (χ1n) is 10.3. The summed E-state index contributed by atoms with van der Waals surface area (Å²) in [6, 6.07) is 10.3. The summed E-state index contributed by atoms with van der Waals surface area (Å²) < 4.78 is 10.3. The number of aryl methyl sites for hydroxylation is 1. The van der Waals surface area contributed by atoms with Crippen molar-refractivity contribution in [1.29, 1.82) is 0 Å². The molecule has 2 heterocycles. The number of carbonyl (C=O) groups is 5. The van der Waals surface area contributed by atoms with Gasteiger partial charge in [-0.1, -0.05) is 23.7 Å². The van der Waals surface area contributed by atoms with Crippen LogP contribution in [0.2, 0.25) is 5.02 Å². The summed E-state index contributed by atoms with van der Waals surface area (Å²) in [6.45, 7) is 3.06. The first-order valence-corrected chi connectivity index (χ1v) is 10.7. The van der Waals surface area contributed by atoms with Gasteiger partial charge in [0.05, 0.1) is 28.4 Å². The number of benzene rings is 2. The van der Waals surface area contributed by atoms with Gasteiger partial charge in [0.25, 0.3) is 23.6 Å². The minimum atomic E-state index is -1.01. The van der Waals surface area contributed by atoms with Gasteiger partial charge in [-0.3, -0.25) is 24.5 Å². The van der Waals surface area contributed by atoms with Gasteiger partial charge in [-0.25, -0.2) is 9.69 Å². The van der Waals surface area contributed by atoms with Crippen LogP contribution >= 0.6 is 11.6 Å². The number of nitrogens with one attached hydrogen (secondary N) is 1. The number of nitrogens with zero attached hydrogens (tertiary/aromatic N) is 1. The number of anilines is 2. The number of para-hydroxylation sites is 1. The molecule has 4 rings (SSSR count). The molecule has 1 aromatic heterocycles. The van der Waals surface area contributed by atoms with Gasteiger partial charge in [0, 0.05) is 5.56 Å². The number of hydrogen-bond acceptors (Lipinski definition) is 7. The van der Waals surface area contributed by atoms with E-state index in [2.05, 4.69) is 5.32 Å². The minimum Gasteiger partial charge on any atom is -0.462 e. The number of ether oxygens (including phenoxy) is 1. The topological polar surface area (TPSA) is 149 Å². The third kappa shape index (κ3) is 4.04. The summed E-state index contributed by atoms with van der Waals surface area (Å²) in [5.74, 6) is -4.15. The van der Waals surface area contributed by atoms with Gasteiger partial charge >= 0.3 is 5.97 Å². The van der Waals surface area contributed by atoms with E-state index in [-0.39, 0.29) is 56.8 Å². The zero-order chi connectivity index (χ0) is 25.4. The molecule has 0 saturated carbocycles. The molecule has 0 aliphatic carbocycles. The number of fused-ring (bicyclic) bond motifs is 1. The van der Waals surface area contributed by atoms with Crippen LogP contribution in [0.3, 0.4) is 0 Å². The second kappa shape index (κ2) is 9.07. The number of halogens is 1. The molecule has 178 valence electrons. The van der Waals surface area contributed by atoms with E-state index in [4.69, 9.17) is 26.5 Å². The van der Waals surface area contributed by atoms with E-state index in [0.29, 0.717) is 0 Å². The van der Waals surface area contributed by atoms with E-state index >= 15 is 0 Å². The standard InChI is InChI=1S/C24H18ClN3O7/c1-3-34-24(33)17-11(2)35-21(18(17)19(26)29)27-20(30)12-8-9-13-14(10-12)23(32)28(22(13)31)16-7-5-4-6-15(16)25/h4-10H,3H2,1-2H3,(H2,26,29)(H,27,30). The highest BCUT2D eigenvalue weighted by atomic mass is 35.5. The SMILES string of the molecule is CCOC(=O)c1c(C)oc(NC(=O)c2ccc3c(c2)C(=O)N(c2ccccc2Cl)C3=O)c1C(N)=O. The fourth-order valence-corrected chi connectivity index (χ4v) is 3.95. The molecule has 10 nitrogen and oxygen atoms in total.